The molecule has 0 bridgehead atoms. The molecular weight excluding hydrogens is 256 g/mol. The topological polar surface area (TPSA) is 20.2 Å². The molecule has 0 spiro atoms. The van der Waals surface area contributed by atoms with Crippen molar-refractivity contribution in [2.45, 2.75) is 51.0 Å². The number of hydrogen-bond donors (Lipinski definition) is 1. The molecule has 0 saturated heterocycles. The first kappa shape index (κ1) is 14.3. The van der Waals surface area contributed by atoms with E-state index in [0.29, 0.717) is 0 Å². The second-order valence-corrected chi connectivity index (χ2v) is 6.49. The summed E-state index contributed by atoms with van der Waals surface area (Å²) in [5.74, 6) is 0. The minimum absolute atomic E-state index is 0.110. The fourth-order valence-corrected chi connectivity index (χ4v) is 3.93. The van der Waals surface area contributed by atoms with Crippen LogP contribution < -0.4 is 0 Å². The van der Waals surface area contributed by atoms with E-state index < -0.39 is 6.10 Å². The Balaban J connectivity index is 2.05. The highest BCUT2D eigenvalue weighted by Gasteiger charge is 2.43. The lowest BCUT2D eigenvalue weighted by atomic mass is 9.71. The van der Waals surface area contributed by atoms with Gasteiger partial charge in [0, 0.05) is 5.41 Å². The summed E-state index contributed by atoms with van der Waals surface area (Å²) in [4.78, 5) is 0. The van der Waals surface area contributed by atoms with Crippen molar-refractivity contribution in [2.24, 2.45) is 0 Å². The Morgan fingerprint density at radius 3 is 2.24 bits per heavy atom. The van der Waals surface area contributed by atoms with Gasteiger partial charge in [0.2, 0.25) is 0 Å². The van der Waals surface area contributed by atoms with Gasteiger partial charge in [-0.3, -0.25) is 0 Å². The van der Waals surface area contributed by atoms with Crippen molar-refractivity contribution in [1.82, 2.24) is 0 Å². The van der Waals surface area contributed by atoms with Gasteiger partial charge in [-0.1, -0.05) is 66.9 Å². The van der Waals surface area contributed by atoms with Crippen LogP contribution in [0.1, 0.15) is 54.0 Å². The van der Waals surface area contributed by atoms with Crippen LogP contribution in [0.4, 0.5) is 0 Å². The quantitative estimate of drug-likeness (QED) is 0.852. The predicted molar refractivity (Wildman–Crippen MR) is 87.5 cm³/mol. The molecule has 1 N–H and O–H groups in total. The molecule has 1 nitrogen and oxygen atoms in total. The summed E-state index contributed by atoms with van der Waals surface area (Å²) < 4.78 is 0. The largest absolute Gasteiger partial charge is 0.387 e. The van der Waals surface area contributed by atoms with Crippen LogP contribution in [-0.2, 0) is 5.41 Å². The lowest BCUT2D eigenvalue weighted by Gasteiger charge is -2.36. The van der Waals surface area contributed by atoms with Crippen molar-refractivity contribution >= 4 is 0 Å². The number of rotatable bonds is 3. The van der Waals surface area contributed by atoms with Gasteiger partial charge in [-0.05, 0) is 43.4 Å². The highest BCUT2D eigenvalue weighted by Crippen LogP contribution is 2.50. The highest BCUT2D eigenvalue weighted by atomic mass is 16.3. The molecule has 0 aromatic heterocycles. The maximum absolute atomic E-state index is 11.2. The van der Waals surface area contributed by atoms with Crippen LogP contribution in [0.2, 0.25) is 0 Å². The van der Waals surface area contributed by atoms with Crippen LogP contribution >= 0.6 is 0 Å². The van der Waals surface area contributed by atoms with Gasteiger partial charge in [-0.15, -0.1) is 0 Å². The second-order valence-electron chi connectivity index (χ2n) is 6.49. The van der Waals surface area contributed by atoms with E-state index in [0.717, 1.165) is 18.4 Å². The van der Waals surface area contributed by atoms with Crippen LogP contribution in [-0.4, -0.2) is 5.11 Å². The van der Waals surface area contributed by atoms with E-state index >= 15 is 0 Å². The number of aliphatic hydroxyl groups is 1. The molecular formula is C20H24O. The number of aliphatic hydroxyl groups excluding tert-OH is 1. The maximum Gasteiger partial charge on any atom is 0.0889 e. The fraction of sp³-hybridized carbons (Fsp3) is 0.400. The second kappa shape index (κ2) is 5.65. The van der Waals surface area contributed by atoms with Gasteiger partial charge in [0.05, 0.1) is 6.10 Å². The van der Waals surface area contributed by atoms with Gasteiger partial charge in [0.15, 0.2) is 0 Å². The van der Waals surface area contributed by atoms with E-state index in [1.807, 2.05) is 0 Å². The molecule has 110 valence electrons. The van der Waals surface area contributed by atoms with E-state index in [1.165, 1.54) is 29.5 Å². The summed E-state index contributed by atoms with van der Waals surface area (Å²) in [6.07, 6.45) is 4.15. The van der Waals surface area contributed by atoms with Crippen molar-refractivity contribution < 1.29 is 5.11 Å². The molecule has 2 aromatic rings. The van der Waals surface area contributed by atoms with E-state index in [2.05, 4.69) is 62.4 Å². The van der Waals surface area contributed by atoms with Crippen molar-refractivity contribution in [3.8, 4) is 0 Å². The predicted octanol–water partition coefficient (Wildman–Crippen LogP) is 4.85. The normalized spacial score (nSPS) is 18.6. The average molecular weight is 280 g/mol. The monoisotopic (exact) mass is 280 g/mol. The van der Waals surface area contributed by atoms with Gasteiger partial charge in [-0.2, -0.15) is 0 Å². The number of hydrogen-bond acceptors (Lipinski definition) is 1. The Morgan fingerprint density at radius 1 is 0.952 bits per heavy atom. The number of benzene rings is 2. The molecule has 21 heavy (non-hydrogen) atoms. The third kappa shape index (κ3) is 2.51. The smallest absolute Gasteiger partial charge is 0.0889 e. The first-order valence-corrected chi connectivity index (χ1v) is 7.94. The fourth-order valence-electron chi connectivity index (χ4n) is 3.93. The standard InChI is InChI=1S/C20H24O/c1-15-10-11-18(16(2)14-15)19(21)20(12-6-7-13-20)17-8-4-3-5-9-17/h3-5,8-11,14,19,21H,6-7,12-13H2,1-2H3. The highest BCUT2D eigenvalue weighted by molar-refractivity contribution is 5.38. The summed E-state index contributed by atoms with van der Waals surface area (Å²) in [5.41, 5.74) is 4.72. The molecule has 1 saturated carbocycles. The minimum Gasteiger partial charge on any atom is -0.387 e. The van der Waals surface area contributed by atoms with Crippen LogP contribution in [0.3, 0.4) is 0 Å². The van der Waals surface area contributed by atoms with Crippen LogP contribution in [0.15, 0.2) is 48.5 Å². The van der Waals surface area contributed by atoms with Crippen molar-refractivity contribution in [3.63, 3.8) is 0 Å². The molecule has 2 aromatic carbocycles. The Morgan fingerprint density at radius 2 is 1.62 bits per heavy atom. The summed E-state index contributed by atoms with van der Waals surface area (Å²) in [7, 11) is 0. The lowest BCUT2D eigenvalue weighted by Crippen LogP contribution is -2.31. The summed E-state index contributed by atoms with van der Waals surface area (Å²) in [6.45, 7) is 4.21. The Hall–Kier alpha value is -1.60. The van der Waals surface area contributed by atoms with Gasteiger partial charge < -0.3 is 5.11 Å². The molecule has 0 radical (unpaired) electrons. The zero-order valence-electron chi connectivity index (χ0n) is 13.0. The molecule has 1 atom stereocenters. The molecule has 1 aliphatic carbocycles. The third-order valence-electron chi connectivity index (χ3n) is 5.09. The molecule has 0 aliphatic heterocycles. The van der Waals surface area contributed by atoms with E-state index in [-0.39, 0.29) is 5.41 Å². The van der Waals surface area contributed by atoms with Gasteiger partial charge in [-0.25, -0.2) is 0 Å². The number of aryl methyl sites for hydroxylation is 2. The first-order valence-electron chi connectivity index (χ1n) is 7.94. The molecule has 0 amide bonds. The first-order chi connectivity index (χ1) is 10.1. The van der Waals surface area contributed by atoms with Crippen LogP contribution in [0.25, 0.3) is 0 Å². The van der Waals surface area contributed by atoms with Crippen LogP contribution in [0.5, 0.6) is 0 Å². The Bertz CT molecular complexity index is 609. The zero-order valence-corrected chi connectivity index (χ0v) is 13.0. The van der Waals surface area contributed by atoms with Gasteiger partial charge in [0.25, 0.3) is 0 Å². The summed E-state index contributed by atoms with van der Waals surface area (Å²) >= 11 is 0. The Kier molecular flexibility index (Phi) is 3.86. The van der Waals surface area contributed by atoms with E-state index in [1.54, 1.807) is 0 Å². The molecule has 3 rings (SSSR count). The lowest BCUT2D eigenvalue weighted by molar-refractivity contribution is 0.0816. The average Bonchev–Trinajstić information content (AvgIpc) is 2.98. The van der Waals surface area contributed by atoms with Crippen LogP contribution in [0, 0.1) is 13.8 Å². The molecule has 1 fully saturated rings. The zero-order chi connectivity index (χ0) is 14.9. The van der Waals surface area contributed by atoms with E-state index in [4.69, 9.17) is 0 Å². The van der Waals surface area contributed by atoms with Crippen molar-refractivity contribution in [1.29, 1.82) is 0 Å². The van der Waals surface area contributed by atoms with Crippen molar-refractivity contribution in [2.75, 3.05) is 0 Å². The van der Waals surface area contributed by atoms with Gasteiger partial charge >= 0.3 is 0 Å². The summed E-state index contributed by atoms with van der Waals surface area (Å²) in [6, 6.07) is 17.0. The molecule has 1 unspecified atom stereocenters. The van der Waals surface area contributed by atoms with Gasteiger partial charge in [0.1, 0.15) is 0 Å². The Labute approximate surface area is 127 Å². The van der Waals surface area contributed by atoms with Crippen molar-refractivity contribution in [3.05, 3.63) is 70.8 Å². The summed E-state index contributed by atoms with van der Waals surface area (Å²) in [5, 5.41) is 11.2. The van der Waals surface area contributed by atoms with E-state index in [9.17, 15) is 5.11 Å². The SMILES string of the molecule is Cc1ccc(C(O)C2(c3ccccc3)CCCC2)c(C)c1. The maximum atomic E-state index is 11.2. The minimum atomic E-state index is -0.414. The molecule has 0 heterocycles. The third-order valence-corrected chi connectivity index (χ3v) is 5.09. The molecule has 1 heteroatoms. The molecule has 1 aliphatic rings.